The Morgan fingerprint density at radius 3 is 2.44 bits per heavy atom. The van der Waals surface area contributed by atoms with Crippen LogP contribution < -0.4 is 10.6 Å². The van der Waals surface area contributed by atoms with Gasteiger partial charge >= 0.3 is 0 Å². The fraction of sp³-hybridized carbons (Fsp3) is 0.611. The maximum Gasteiger partial charge on any atom is 0.242 e. The van der Waals surface area contributed by atoms with Gasteiger partial charge in [0.15, 0.2) is 5.96 Å². The van der Waals surface area contributed by atoms with E-state index in [1.54, 1.807) is 33.3 Å². The number of aliphatic imine (C=N–C) groups is 1. The van der Waals surface area contributed by atoms with E-state index in [9.17, 15) is 8.42 Å². The van der Waals surface area contributed by atoms with Crippen LogP contribution in [0.5, 0.6) is 0 Å². The molecule has 1 aliphatic carbocycles. The Bertz CT molecular complexity index is 693. The lowest BCUT2D eigenvalue weighted by Gasteiger charge is -2.28. The van der Waals surface area contributed by atoms with Crippen LogP contribution in [0.1, 0.15) is 38.2 Å². The van der Waals surface area contributed by atoms with Crippen LogP contribution in [0.25, 0.3) is 0 Å². The lowest BCUT2D eigenvalue weighted by Crippen LogP contribution is -2.44. The second-order valence-corrected chi connectivity index (χ2v) is 9.04. The fourth-order valence-corrected chi connectivity index (χ4v) is 4.19. The summed E-state index contributed by atoms with van der Waals surface area (Å²) in [6.45, 7) is 2.71. The zero-order chi connectivity index (χ0) is 18.4. The summed E-state index contributed by atoms with van der Waals surface area (Å²) in [5, 5.41) is 6.71. The molecule has 0 aliphatic heterocycles. The zero-order valence-corrected chi connectivity index (χ0v) is 16.4. The van der Waals surface area contributed by atoms with Crippen LogP contribution in [0.4, 0.5) is 0 Å². The summed E-state index contributed by atoms with van der Waals surface area (Å²) in [4.78, 5) is 4.61. The van der Waals surface area contributed by atoms with Crippen LogP contribution in [0.15, 0.2) is 34.2 Å². The molecule has 0 unspecified atom stereocenters. The maximum atomic E-state index is 12.5. The molecule has 1 aromatic carbocycles. The molecule has 1 aliphatic rings. The Morgan fingerprint density at radius 1 is 1.20 bits per heavy atom. The summed E-state index contributed by atoms with van der Waals surface area (Å²) in [7, 11) is 1.37. The molecule has 6 nitrogen and oxygen atoms in total. The lowest BCUT2D eigenvalue weighted by molar-refractivity contribution is 0.329. The number of benzene rings is 1. The third kappa shape index (κ3) is 5.19. The molecule has 1 aromatic rings. The zero-order valence-electron chi connectivity index (χ0n) is 15.6. The summed E-state index contributed by atoms with van der Waals surface area (Å²) in [5.74, 6) is 1.52. The van der Waals surface area contributed by atoms with Gasteiger partial charge in [0.1, 0.15) is 0 Å². The molecular formula is C18H30N4O2S. The van der Waals surface area contributed by atoms with Crippen molar-refractivity contribution in [2.24, 2.45) is 10.9 Å². The van der Waals surface area contributed by atoms with Gasteiger partial charge in [0, 0.05) is 33.7 Å². The van der Waals surface area contributed by atoms with Crippen molar-refractivity contribution in [1.82, 2.24) is 14.9 Å². The van der Waals surface area contributed by atoms with Crippen molar-refractivity contribution < 1.29 is 8.42 Å². The van der Waals surface area contributed by atoms with Gasteiger partial charge in [-0.3, -0.25) is 4.99 Å². The Labute approximate surface area is 151 Å². The average Bonchev–Trinajstić information content (AvgIpc) is 2.60. The van der Waals surface area contributed by atoms with Crippen LogP contribution in [0.2, 0.25) is 0 Å². The largest absolute Gasteiger partial charge is 0.354 e. The monoisotopic (exact) mass is 366 g/mol. The quantitative estimate of drug-likeness (QED) is 0.619. The van der Waals surface area contributed by atoms with Crippen LogP contribution in [-0.2, 0) is 16.6 Å². The van der Waals surface area contributed by atoms with Crippen molar-refractivity contribution in [3.63, 3.8) is 0 Å². The van der Waals surface area contributed by atoms with Crippen molar-refractivity contribution in [2.45, 2.75) is 50.1 Å². The van der Waals surface area contributed by atoms with E-state index in [4.69, 9.17) is 0 Å². The molecule has 2 N–H and O–H groups in total. The van der Waals surface area contributed by atoms with Gasteiger partial charge in [-0.25, -0.2) is 12.7 Å². The third-order valence-electron chi connectivity index (χ3n) is 4.76. The number of sulfonamides is 1. The Balaban J connectivity index is 2.03. The van der Waals surface area contributed by atoms with Gasteiger partial charge in [-0.1, -0.05) is 25.1 Å². The van der Waals surface area contributed by atoms with Gasteiger partial charge in [0.05, 0.1) is 4.90 Å². The number of rotatable bonds is 5. The van der Waals surface area contributed by atoms with Gasteiger partial charge < -0.3 is 10.6 Å². The highest BCUT2D eigenvalue weighted by Gasteiger charge is 2.21. The van der Waals surface area contributed by atoms with Crippen molar-refractivity contribution in [2.75, 3.05) is 21.1 Å². The first-order valence-corrected chi connectivity index (χ1v) is 10.3. The van der Waals surface area contributed by atoms with Crippen LogP contribution in [0, 0.1) is 5.92 Å². The highest BCUT2D eigenvalue weighted by Crippen LogP contribution is 2.23. The molecule has 1 saturated carbocycles. The van der Waals surface area contributed by atoms with Gasteiger partial charge in [0.2, 0.25) is 10.0 Å². The summed E-state index contributed by atoms with van der Waals surface area (Å²) in [6.07, 6.45) is 4.76. The minimum Gasteiger partial charge on any atom is -0.354 e. The van der Waals surface area contributed by atoms with E-state index in [1.165, 1.54) is 17.1 Å². The van der Waals surface area contributed by atoms with Gasteiger partial charge in [-0.05, 0) is 43.2 Å². The Kier molecular flexibility index (Phi) is 6.84. The average molecular weight is 367 g/mol. The van der Waals surface area contributed by atoms with E-state index in [0.717, 1.165) is 30.3 Å². The number of nitrogens with zero attached hydrogens (tertiary/aromatic N) is 2. The molecule has 0 radical (unpaired) electrons. The SMILES string of the molecule is CN=C(NCc1ccccc1S(=O)(=O)N(C)C)NC1CCC(C)CC1. The maximum absolute atomic E-state index is 12.5. The minimum absolute atomic E-state index is 0.328. The topological polar surface area (TPSA) is 73.8 Å². The fourth-order valence-electron chi connectivity index (χ4n) is 3.07. The number of hydrogen-bond donors (Lipinski definition) is 2. The minimum atomic E-state index is -3.46. The van der Waals surface area contributed by atoms with E-state index in [1.807, 2.05) is 12.1 Å². The normalized spacial score (nSPS) is 22.0. The molecule has 0 bridgehead atoms. The molecule has 2 rings (SSSR count). The third-order valence-corrected chi connectivity index (χ3v) is 6.67. The van der Waals surface area contributed by atoms with Crippen LogP contribution >= 0.6 is 0 Å². The van der Waals surface area contributed by atoms with Gasteiger partial charge in [-0.15, -0.1) is 0 Å². The Morgan fingerprint density at radius 2 is 1.84 bits per heavy atom. The van der Waals surface area contributed by atoms with Gasteiger partial charge in [-0.2, -0.15) is 0 Å². The number of hydrogen-bond acceptors (Lipinski definition) is 3. The first-order valence-electron chi connectivity index (χ1n) is 8.82. The molecule has 0 aromatic heterocycles. The van der Waals surface area contributed by atoms with E-state index in [0.29, 0.717) is 17.5 Å². The smallest absolute Gasteiger partial charge is 0.242 e. The van der Waals surface area contributed by atoms with E-state index in [2.05, 4.69) is 22.5 Å². The second-order valence-electron chi connectivity index (χ2n) is 6.92. The van der Waals surface area contributed by atoms with Crippen molar-refractivity contribution in [3.8, 4) is 0 Å². The molecule has 1 fully saturated rings. The highest BCUT2D eigenvalue weighted by atomic mass is 32.2. The predicted octanol–water partition coefficient (Wildman–Crippen LogP) is 2.18. The Hall–Kier alpha value is -1.60. The molecule has 0 amide bonds. The first-order chi connectivity index (χ1) is 11.8. The van der Waals surface area contributed by atoms with E-state index >= 15 is 0 Å². The summed E-state index contributed by atoms with van der Waals surface area (Å²) < 4.78 is 26.2. The second kappa shape index (κ2) is 8.67. The summed E-state index contributed by atoms with van der Waals surface area (Å²) >= 11 is 0. The van der Waals surface area contributed by atoms with Gasteiger partial charge in [0.25, 0.3) is 0 Å². The number of guanidine groups is 1. The molecule has 25 heavy (non-hydrogen) atoms. The van der Waals surface area contributed by atoms with Crippen molar-refractivity contribution >= 4 is 16.0 Å². The van der Waals surface area contributed by atoms with Crippen LogP contribution in [-0.4, -0.2) is 45.9 Å². The lowest BCUT2D eigenvalue weighted by atomic mass is 9.87. The van der Waals surface area contributed by atoms with E-state index in [-0.39, 0.29) is 0 Å². The molecule has 7 heteroatoms. The van der Waals surface area contributed by atoms with Crippen molar-refractivity contribution in [3.05, 3.63) is 29.8 Å². The molecule has 0 saturated heterocycles. The summed E-state index contributed by atoms with van der Waals surface area (Å²) in [5.41, 5.74) is 0.733. The number of nitrogens with one attached hydrogen (secondary N) is 2. The predicted molar refractivity (Wildman–Crippen MR) is 102 cm³/mol. The molecule has 0 heterocycles. The standard InChI is InChI=1S/C18H30N4O2S/c1-14-9-11-16(12-10-14)21-18(19-2)20-13-15-7-5-6-8-17(15)25(23,24)22(3)4/h5-8,14,16H,9-13H2,1-4H3,(H2,19,20,21). The molecule has 0 spiro atoms. The first kappa shape index (κ1) is 19.7. The summed E-state index contributed by atoms with van der Waals surface area (Å²) in [6, 6.07) is 7.51. The van der Waals surface area contributed by atoms with Crippen molar-refractivity contribution in [1.29, 1.82) is 0 Å². The van der Waals surface area contributed by atoms with Crippen LogP contribution in [0.3, 0.4) is 0 Å². The molecule has 0 atom stereocenters. The van der Waals surface area contributed by atoms with E-state index < -0.39 is 10.0 Å². The highest BCUT2D eigenvalue weighted by molar-refractivity contribution is 7.89. The molecule has 140 valence electrons. The molecular weight excluding hydrogens is 336 g/mol.